The molecule has 0 amide bonds. The SMILES string of the molecule is CCOP(=O)(Cc1ccc(-c2ccc(C)cn2)nc1)OCC. The molecule has 0 N–H and O–H groups in total. The quantitative estimate of drug-likeness (QED) is 0.715. The maximum Gasteiger partial charge on any atom is 0.335 e. The van der Waals surface area contributed by atoms with Crippen molar-refractivity contribution in [2.45, 2.75) is 26.9 Å². The Morgan fingerprint density at radius 1 is 0.955 bits per heavy atom. The van der Waals surface area contributed by atoms with Gasteiger partial charge in [-0.1, -0.05) is 12.1 Å². The van der Waals surface area contributed by atoms with Crippen molar-refractivity contribution in [1.82, 2.24) is 9.97 Å². The van der Waals surface area contributed by atoms with E-state index in [1.807, 2.05) is 37.4 Å². The third-order valence-electron chi connectivity index (χ3n) is 3.03. The molecule has 0 aliphatic carbocycles. The number of aryl methyl sites for hydroxylation is 1. The van der Waals surface area contributed by atoms with Crippen molar-refractivity contribution in [2.24, 2.45) is 0 Å². The summed E-state index contributed by atoms with van der Waals surface area (Å²) >= 11 is 0. The summed E-state index contributed by atoms with van der Waals surface area (Å²) in [7, 11) is -3.09. The molecule has 0 spiro atoms. The second-order valence-corrected chi connectivity index (χ2v) is 6.93. The molecular weight excluding hydrogens is 299 g/mol. The fraction of sp³-hybridized carbons (Fsp3) is 0.375. The van der Waals surface area contributed by atoms with Crippen molar-refractivity contribution in [1.29, 1.82) is 0 Å². The topological polar surface area (TPSA) is 61.3 Å². The first kappa shape index (κ1) is 16.8. The molecule has 2 rings (SSSR count). The van der Waals surface area contributed by atoms with Crippen LogP contribution in [0.15, 0.2) is 36.7 Å². The Labute approximate surface area is 131 Å². The van der Waals surface area contributed by atoms with E-state index in [0.29, 0.717) is 13.2 Å². The maximum absolute atomic E-state index is 12.5. The third-order valence-corrected chi connectivity index (χ3v) is 5.08. The van der Waals surface area contributed by atoms with Crippen LogP contribution in [0, 0.1) is 6.92 Å². The summed E-state index contributed by atoms with van der Waals surface area (Å²) in [5.41, 5.74) is 3.53. The van der Waals surface area contributed by atoms with Gasteiger partial charge < -0.3 is 9.05 Å². The van der Waals surface area contributed by atoms with Crippen LogP contribution < -0.4 is 0 Å². The van der Waals surface area contributed by atoms with Gasteiger partial charge in [0.15, 0.2) is 0 Å². The lowest BCUT2D eigenvalue weighted by Crippen LogP contribution is -1.99. The molecule has 0 saturated carbocycles. The summed E-state index contributed by atoms with van der Waals surface area (Å²) in [5, 5.41) is 0. The molecule has 22 heavy (non-hydrogen) atoms. The van der Waals surface area contributed by atoms with Crippen molar-refractivity contribution in [3.8, 4) is 11.4 Å². The second-order valence-electron chi connectivity index (χ2n) is 4.88. The highest BCUT2D eigenvalue weighted by atomic mass is 31.2. The second kappa shape index (κ2) is 7.63. The molecule has 2 aromatic heterocycles. The third kappa shape index (κ3) is 4.47. The minimum Gasteiger partial charge on any atom is -0.309 e. The number of pyridine rings is 2. The normalized spacial score (nSPS) is 11.6. The molecule has 0 unspecified atom stereocenters. The van der Waals surface area contributed by atoms with E-state index >= 15 is 0 Å². The smallest absolute Gasteiger partial charge is 0.309 e. The largest absolute Gasteiger partial charge is 0.335 e. The molecule has 0 fully saturated rings. The average molecular weight is 320 g/mol. The van der Waals surface area contributed by atoms with E-state index in [4.69, 9.17) is 9.05 Å². The van der Waals surface area contributed by atoms with Gasteiger partial charge in [0.2, 0.25) is 0 Å². The lowest BCUT2D eigenvalue weighted by Gasteiger charge is -2.16. The molecule has 0 aromatic carbocycles. The summed E-state index contributed by atoms with van der Waals surface area (Å²) < 4.78 is 23.1. The van der Waals surface area contributed by atoms with Crippen molar-refractivity contribution >= 4 is 7.60 Å². The van der Waals surface area contributed by atoms with E-state index in [1.54, 1.807) is 20.0 Å². The van der Waals surface area contributed by atoms with Gasteiger partial charge in [-0.3, -0.25) is 14.5 Å². The van der Waals surface area contributed by atoms with Crippen LogP contribution in [-0.4, -0.2) is 23.2 Å². The van der Waals surface area contributed by atoms with E-state index < -0.39 is 7.60 Å². The highest BCUT2D eigenvalue weighted by molar-refractivity contribution is 7.53. The predicted molar refractivity (Wildman–Crippen MR) is 86.8 cm³/mol. The van der Waals surface area contributed by atoms with E-state index in [2.05, 4.69) is 9.97 Å². The van der Waals surface area contributed by atoms with E-state index in [-0.39, 0.29) is 6.16 Å². The molecule has 0 aliphatic rings. The summed E-state index contributed by atoms with van der Waals surface area (Å²) in [4.78, 5) is 8.73. The van der Waals surface area contributed by atoms with Crippen molar-refractivity contribution in [2.75, 3.05) is 13.2 Å². The summed E-state index contributed by atoms with van der Waals surface area (Å²) in [6.07, 6.45) is 3.73. The molecule has 5 nitrogen and oxygen atoms in total. The Kier molecular flexibility index (Phi) is 5.83. The minimum atomic E-state index is -3.09. The molecule has 6 heteroatoms. The Balaban J connectivity index is 2.14. The van der Waals surface area contributed by atoms with Gasteiger partial charge in [-0.25, -0.2) is 0 Å². The van der Waals surface area contributed by atoms with Crippen LogP contribution in [0.3, 0.4) is 0 Å². The van der Waals surface area contributed by atoms with Gasteiger partial charge in [0.1, 0.15) is 0 Å². The summed E-state index contributed by atoms with van der Waals surface area (Å²) in [5.74, 6) is 0. The molecular formula is C16H21N2O3P. The van der Waals surface area contributed by atoms with E-state index in [0.717, 1.165) is 22.5 Å². The van der Waals surface area contributed by atoms with Crippen LogP contribution in [-0.2, 0) is 19.8 Å². The number of nitrogens with zero attached hydrogens (tertiary/aromatic N) is 2. The molecule has 0 atom stereocenters. The number of aromatic nitrogens is 2. The van der Waals surface area contributed by atoms with Crippen LogP contribution in [0.4, 0.5) is 0 Å². The first-order valence-corrected chi connectivity index (χ1v) is 9.05. The van der Waals surface area contributed by atoms with Gasteiger partial charge in [-0.15, -0.1) is 0 Å². The van der Waals surface area contributed by atoms with Crippen molar-refractivity contribution < 1.29 is 13.6 Å². The Bertz CT molecular complexity index is 631. The van der Waals surface area contributed by atoms with Gasteiger partial charge in [0.25, 0.3) is 0 Å². The van der Waals surface area contributed by atoms with Gasteiger partial charge in [-0.05, 0) is 44.0 Å². The molecule has 118 valence electrons. The lowest BCUT2D eigenvalue weighted by molar-refractivity contribution is 0.219. The average Bonchev–Trinajstić information content (AvgIpc) is 2.49. The van der Waals surface area contributed by atoms with Crippen LogP contribution in [0.1, 0.15) is 25.0 Å². The van der Waals surface area contributed by atoms with E-state index in [9.17, 15) is 4.57 Å². The van der Waals surface area contributed by atoms with Crippen molar-refractivity contribution in [3.63, 3.8) is 0 Å². The highest BCUT2D eigenvalue weighted by Gasteiger charge is 2.24. The van der Waals surface area contributed by atoms with Gasteiger partial charge in [0, 0.05) is 12.4 Å². The maximum atomic E-state index is 12.5. The Morgan fingerprint density at radius 3 is 2.00 bits per heavy atom. The number of rotatable bonds is 7. The van der Waals surface area contributed by atoms with Crippen LogP contribution >= 0.6 is 7.60 Å². The lowest BCUT2D eigenvalue weighted by atomic mass is 10.2. The molecule has 0 radical (unpaired) electrons. The fourth-order valence-corrected chi connectivity index (χ4v) is 3.71. The number of hydrogen-bond donors (Lipinski definition) is 0. The molecule has 2 aromatic rings. The minimum absolute atomic E-state index is 0.225. The standard InChI is InChI=1S/C16H21N2O3P/c1-4-20-22(19,21-5-2)12-14-7-9-16(18-11-14)15-8-6-13(3)10-17-15/h6-11H,4-5,12H2,1-3H3. The van der Waals surface area contributed by atoms with Crippen molar-refractivity contribution in [3.05, 3.63) is 47.8 Å². The highest BCUT2D eigenvalue weighted by Crippen LogP contribution is 2.51. The number of hydrogen-bond acceptors (Lipinski definition) is 5. The van der Waals surface area contributed by atoms with Gasteiger partial charge >= 0.3 is 7.60 Å². The van der Waals surface area contributed by atoms with Crippen LogP contribution in [0.25, 0.3) is 11.4 Å². The zero-order valence-electron chi connectivity index (χ0n) is 13.2. The Hall–Kier alpha value is -1.55. The zero-order chi connectivity index (χ0) is 16.0. The first-order chi connectivity index (χ1) is 10.6. The summed E-state index contributed by atoms with van der Waals surface area (Å²) in [6, 6.07) is 7.68. The first-order valence-electron chi connectivity index (χ1n) is 7.32. The van der Waals surface area contributed by atoms with Crippen LogP contribution in [0.2, 0.25) is 0 Å². The van der Waals surface area contributed by atoms with Gasteiger partial charge in [-0.2, -0.15) is 0 Å². The monoisotopic (exact) mass is 320 g/mol. The predicted octanol–water partition coefficient (Wildman–Crippen LogP) is 4.22. The zero-order valence-corrected chi connectivity index (χ0v) is 14.0. The Morgan fingerprint density at radius 2 is 1.55 bits per heavy atom. The fourth-order valence-electron chi connectivity index (χ4n) is 2.03. The van der Waals surface area contributed by atoms with Crippen LogP contribution in [0.5, 0.6) is 0 Å². The molecule has 0 aliphatic heterocycles. The molecule has 0 bridgehead atoms. The van der Waals surface area contributed by atoms with Gasteiger partial charge in [0.05, 0.1) is 30.8 Å². The molecule has 0 saturated heterocycles. The molecule has 2 heterocycles. The van der Waals surface area contributed by atoms with E-state index in [1.165, 1.54) is 0 Å². The summed E-state index contributed by atoms with van der Waals surface area (Å²) in [6.45, 7) is 6.31.